The van der Waals surface area contributed by atoms with Gasteiger partial charge in [0.05, 0.1) is 15.7 Å². The molecule has 0 spiro atoms. The van der Waals surface area contributed by atoms with Gasteiger partial charge in [0.2, 0.25) is 11.8 Å². The van der Waals surface area contributed by atoms with E-state index in [1.54, 1.807) is 18.2 Å². The van der Waals surface area contributed by atoms with E-state index in [4.69, 9.17) is 23.2 Å². The minimum atomic E-state index is -0.104. The molecule has 0 atom stereocenters. The maximum absolute atomic E-state index is 12.4. The van der Waals surface area contributed by atoms with Gasteiger partial charge in [0, 0.05) is 25.4 Å². The molecule has 1 aliphatic rings. The fourth-order valence-corrected chi connectivity index (χ4v) is 3.05. The van der Waals surface area contributed by atoms with Crippen LogP contribution in [0.4, 0.5) is 5.69 Å². The zero-order valence-electron chi connectivity index (χ0n) is 13.4. The van der Waals surface area contributed by atoms with Crippen LogP contribution in [0.2, 0.25) is 10.0 Å². The number of carbonyl (C=O) groups is 2. The molecule has 1 aromatic carbocycles. The zero-order chi connectivity index (χ0) is 17.0. The van der Waals surface area contributed by atoms with Gasteiger partial charge < -0.3 is 10.2 Å². The van der Waals surface area contributed by atoms with Crippen molar-refractivity contribution in [2.24, 2.45) is 11.8 Å². The normalized spacial score (nSPS) is 15.8. The number of nitrogens with one attached hydrogen (secondary N) is 1. The van der Waals surface area contributed by atoms with Gasteiger partial charge in [-0.15, -0.1) is 0 Å². The van der Waals surface area contributed by atoms with Crippen molar-refractivity contribution in [1.29, 1.82) is 0 Å². The average Bonchev–Trinajstić information content (AvgIpc) is 2.51. The standard InChI is InChI=1S/C17H22Cl2N2O2/c1-11(2)10-15(22)21-8-6-12(7-9-21)17(23)20-14-5-3-4-13(18)16(14)19/h3-5,11-12H,6-10H2,1-2H3,(H,20,23). The van der Waals surface area contributed by atoms with Crippen LogP contribution in [-0.4, -0.2) is 29.8 Å². The van der Waals surface area contributed by atoms with Crippen molar-refractivity contribution in [3.8, 4) is 0 Å². The summed E-state index contributed by atoms with van der Waals surface area (Å²) < 4.78 is 0. The SMILES string of the molecule is CC(C)CC(=O)N1CCC(C(=O)Nc2cccc(Cl)c2Cl)CC1. The summed E-state index contributed by atoms with van der Waals surface area (Å²) in [4.78, 5) is 26.3. The average molecular weight is 357 g/mol. The molecule has 0 aromatic heterocycles. The first kappa shape index (κ1) is 18.1. The molecule has 1 saturated heterocycles. The van der Waals surface area contributed by atoms with E-state index >= 15 is 0 Å². The van der Waals surface area contributed by atoms with Crippen molar-refractivity contribution in [3.63, 3.8) is 0 Å². The molecule has 0 unspecified atom stereocenters. The molecule has 0 bridgehead atoms. The lowest BCUT2D eigenvalue weighted by atomic mass is 9.95. The van der Waals surface area contributed by atoms with Crippen LogP contribution in [0.1, 0.15) is 33.1 Å². The highest BCUT2D eigenvalue weighted by atomic mass is 35.5. The highest BCUT2D eigenvalue weighted by Crippen LogP contribution is 2.30. The summed E-state index contributed by atoms with van der Waals surface area (Å²) in [5.74, 6) is 0.364. The van der Waals surface area contributed by atoms with Crippen LogP contribution in [0.5, 0.6) is 0 Å². The minimum absolute atomic E-state index is 0.0647. The van der Waals surface area contributed by atoms with Crippen LogP contribution in [0.25, 0.3) is 0 Å². The third kappa shape index (κ3) is 4.85. The van der Waals surface area contributed by atoms with E-state index in [0.29, 0.717) is 54.0 Å². The van der Waals surface area contributed by atoms with Crippen LogP contribution in [-0.2, 0) is 9.59 Å². The number of piperidine rings is 1. The first-order valence-corrected chi connectivity index (χ1v) is 8.66. The molecule has 126 valence electrons. The van der Waals surface area contributed by atoms with Crippen molar-refractivity contribution in [1.82, 2.24) is 4.90 Å². The monoisotopic (exact) mass is 356 g/mol. The van der Waals surface area contributed by atoms with Gasteiger partial charge in [0.15, 0.2) is 0 Å². The second-order valence-electron chi connectivity index (χ2n) is 6.34. The Morgan fingerprint density at radius 1 is 1.26 bits per heavy atom. The van der Waals surface area contributed by atoms with Crippen LogP contribution in [0.15, 0.2) is 18.2 Å². The number of hydrogen-bond donors (Lipinski definition) is 1. The summed E-state index contributed by atoms with van der Waals surface area (Å²) in [5, 5.41) is 3.61. The lowest BCUT2D eigenvalue weighted by Crippen LogP contribution is -2.41. The number of amides is 2. The van der Waals surface area contributed by atoms with Gasteiger partial charge in [0.1, 0.15) is 0 Å². The zero-order valence-corrected chi connectivity index (χ0v) is 15.0. The topological polar surface area (TPSA) is 49.4 Å². The molecule has 2 amide bonds. The Bertz CT molecular complexity index is 582. The van der Waals surface area contributed by atoms with E-state index in [1.807, 2.05) is 18.7 Å². The molecule has 4 nitrogen and oxygen atoms in total. The molecule has 1 N–H and O–H groups in total. The highest BCUT2D eigenvalue weighted by Gasteiger charge is 2.27. The molecule has 0 aliphatic carbocycles. The molecule has 23 heavy (non-hydrogen) atoms. The largest absolute Gasteiger partial charge is 0.343 e. The molecule has 0 radical (unpaired) electrons. The Hall–Kier alpha value is -1.26. The third-order valence-corrected chi connectivity index (χ3v) is 4.83. The van der Waals surface area contributed by atoms with E-state index < -0.39 is 0 Å². The van der Waals surface area contributed by atoms with E-state index in [2.05, 4.69) is 5.32 Å². The van der Waals surface area contributed by atoms with Crippen LogP contribution >= 0.6 is 23.2 Å². The lowest BCUT2D eigenvalue weighted by Gasteiger charge is -2.32. The van der Waals surface area contributed by atoms with Crippen molar-refractivity contribution in [2.45, 2.75) is 33.1 Å². The Morgan fingerprint density at radius 3 is 2.52 bits per heavy atom. The minimum Gasteiger partial charge on any atom is -0.343 e. The maximum atomic E-state index is 12.4. The summed E-state index contributed by atoms with van der Waals surface area (Å²) in [6, 6.07) is 5.16. The van der Waals surface area contributed by atoms with Gasteiger partial charge >= 0.3 is 0 Å². The van der Waals surface area contributed by atoms with E-state index in [1.165, 1.54) is 0 Å². The molecule has 1 fully saturated rings. The fourth-order valence-electron chi connectivity index (χ4n) is 2.70. The Balaban J connectivity index is 1.89. The van der Waals surface area contributed by atoms with Gasteiger partial charge in [-0.3, -0.25) is 9.59 Å². The summed E-state index contributed by atoms with van der Waals surface area (Å²) in [7, 11) is 0. The molecular formula is C17H22Cl2N2O2. The van der Waals surface area contributed by atoms with E-state index in [9.17, 15) is 9.59 Å². The number of likely N-dealkylation sites (tertiary alicyclic amines) is 1. The molecular weight excluding hydrogens is 335 g/mol. The second-order valence-corrected chi connectivity index (χ2v) is 7.13. The number of carbonyl (C=O) groups excluding carboxylic acids is 2. The Kier molecular flexibility index (Phi) is 6.31. The quantitative estimate of drug-likeness (QED) is 0.877. The van der Waals surface area contributed by atoms with Crippen LogP contribution in [0, 0.1) is 11.8 Å². The van der Waals surface area contributed by atoms with Crippen molar-refractivity contribution in [3.05, 3.63) is 28.2 Å². The molecule has 1 aliphatic heterocycles. The number of anilines is 1. The molecule has 6 heteroatoms. The van der Waals surface area contributed by atoms with Gasteiger partial charge in [-0.2, -0.15) is 0 Å². The molecule has 1 heterocycles. The first-order chi connectivity index (χ1) is 10.9. The summed E-state index contributed by atoms with van der Waals surface area (Å²) >= 11 is 12.0. The van der Waals surface area contributed by atoms with E-state index in [0.717, 1.165) is 0 Å². The van der Waals surface area contributed by atoms with E-state index in [-0.39, 0.29) is 17.7 Å². The summed E-state index contributed by atoms with van der Waals surface area (Å²) in [5.41, 5.74) is 0.530. The predicted octanol–water partition coefficient (Wildman–Crippen LogP) is 4.22. The number of nitrogens with zero attached hydrogens (tertiary/aromatic N) is 1. The molecule has 0 saturated carbocycles. The van der Waals surface area contributed by atoms with Gasteiger partial charge in [-0.1, -0.05) is 43.1 Å². The summed E-state index contributed by atoms with van der Waals surface area (Å²) in [6.07, 6.45) is 1.91. The van der Waals surface area contributed by atoms with Gasteiger partial charge in [0.25, 0.3) is 0 Å². The fraction of sp³-hybridized carbons (Fsp3) is 0.529. The third-order valence-electron chi connectivity index (χ3n) is 4.01. The molecule has 2 rings (SSSR count). The van der Waals surface area contributed by atoms with Crippen molar-refractivity contribution < 1.29 is 9.59 Å². The maximum Gasteiger partial charge on any atom is 0.227 e. The molecule has 1 aromatic rings. The van der Waals surface area contributed by atoms with Crippen molar-refractivity contribution in [2.75, 3.05) is 18.4 Å². The smallest absolute Gasteiger partial charge is 0.227 e. The second kappa shape index (κ2) is 8.02. The number of halogens is 2. The predicted molar refractivity (Wildman–Crippen MR) is 93.9 cm³/mol. The Morgan fingerprint density at radius 2 is 1.91 bits per heavy atom. The van der Waals surface area contributed by atoms with Crippen LogP contribution < -0.4 is 5.32 Å². The van der Waals surface area contributed by atoms with Crippen LogP contribution in [0.3, 0.4) is 0 Å². The van der Waals surface area contributed by atoms with Gasteiger partial charge in [-0.25, -0.2) is 0 Å². The summed E-state index contributed by atoms with van der Waals surface area (Å²) in [6.45, 7) is 5.33. The van der Waals surface area contributed by atoms with Crippen molar-refractivity contribution >= 4 is 40.7 Å². The first-order valence-electron chi connectivity index (χ1n) is 7.91. The lowest BCUT2D eigenvalue weighted by molar-refractivity contribution is -0.135. The number of hydrogen-bond acceptors (Lipinski definition) is 2. The number of benzene rings is 1. The van der Waals surface area contributed by atoms with Gasteiger partial charge in [-0.05, 0) is 30.9 Å². The Labute approximate surface area is 147 Å². The number of rotatable bonds is 4. The highest BCUT2D eigenvalue weighted by molar-refractivity contribution is 6.44.